The third-order valence-electron chi connectivity index (χ3n) is 3.87. The van der Waals surface area contributed by atoms with Crippen molar-refractivity contribution >= 4 is 9.84 Å². The maximum atomic E-state index is 12.4. The first-order valence-corrected chi connectivity index (χ1v) is 9.49. The zero-order valence-electron chi connectivity index (χ0n) is 13.6. The third-order valence-corrected chi connectivity index (χ3v) is 5.57. The summed E-state index contributed by atoms with van der Waals surface area (Å²) in [6.07, 6.45) is 3.86. The summed E-state index contributed by atoms with van der Waals surface area (Å²) in [5.41, 5.74) is 3.25. The molecule has 2 aromatic carbocycles. The summed E-state index contributed by atoms with van der Waals surface area (Å²) in [6, 6.07) is 20.7. The Morgan fingerprint density at radius 2 is 1.54 bits per heavy atom. The number of nitrogens with zero attached hydrogens (tertiary/aromatic N) is 1. The molecule has 3 aromatic rings. The van der Waals surface area contributed by atoms with Gasteiger partial charge in [-0.3, -0.25) is 0 Å². The van der Waals surface area contributed by atoms with Gasteiger partial charge in [-0.2, -0.15) is 0 Å². The predicted molar refractivity (Wildman–Crippen MR) is 94.2 cm³/mol. The Bertz CT molecular complexity index is 917. The maximum absolute atomic E-state index is 12.4. The second-order valence-corrected chi connectivity index (χ2v) is 7.93. The standard InChI is InChI=1S/C20H20NO2S/c1-17-6-5-7-19(14-17)15-21-12-10-18(11-13-21)16-24(22,23)20-8-3-2-4-9-20/h2-14H,15-16H2,1H3/q+1. The zero-order valence-corrected chi connectivity index (χ0v) is 14.4. The average Bonchev–Trinajstić information content (AvgIpc) is 2.57. The van der Waals surface area contributed by atoms with E-state index in [2.05, 4.69) is 25.1 Å². The number of hydrogen-bond acceptors (Lipinski definition) is 2. The average molecular weight is 338 g/mol. The predicted octanol–water partition coefficient (Wildman–Crippen LogP) is 3.30. The van der Waals surface area contributed by atoms with Gasteiger partial charge in [0.2, 0.25) is 0 Å². The Morgan fingerprint density at radius 1 is 0.833 bits per heavy atom. The van der Waals surface area contributed by atoms with Crippen molar-refractivity contribution in [1.82, 2.24) is 0 Å². The van der Waals surface area contributed by atoms with Gasteiger partial charge >= 0.3 is 0 Å². The summed E-state index contributed by atoms with van der Waals surface area (Å²) < 4.78 is 26.9. The van der Waals surface area contributed by atoms with Crippen molar-refractivity contribution in [3.8, 4) is 0 Å². The molecule has 3 nitrogen and oxygen atoms in total. The fourth-order valence-corrected chi connectivity index (χ4v) is 4.01. The van der Waals surface area contributed by atoms with Crippen LogP contribution in [0.2, 0.25) is 0 Å². The highest BCUT2D eigenvalue weighted by Gasteiger charge is 2.15. The van der Waals surface area contributed by atoms with Crippen LogP contribution in [-0.2, 0) is 22.1 Å². The molecule has 0 N–H and O–H groups in total. The minimum atomic E-state index is -3.30. The van der Waals surface area contributed by atoms with Crippen molar-refractivity contribution in [3.05, 3.63) is 95.8 Å². The molecule has 0 fully saturated rings. The van der Waals surface area contributed by atoms with Crippen molar-refractivity contribution in [2.75, 3.05) is 0 Å². The van der Waals surface area contributed by atoms with Gasteiger partial charge in [0, 0.05) is 17.7 Å². The molecule has 24 heavy (non-hydrogen) atoms. The van der Waals surface area contributed by atoms with Gasteiger partial charge in [0.05, 0.1) is 10.6 Å². The Morgan fingerprint density at radius 3 is 2.21 bits per heavy atom. The quantitative estimate of drug-likeness (QED) is 0.670. The molecule has 4 heteroatoms. The van der Waals surface area contributed by atoms with Crippen LogP contribution in [-0.4, -0.2) is 8.42 Å². The largest absolute Gasteiger partial charge is 0.223 e. The van der Waals surface area contributed by atoms with Crippen molar-refractivity contribution in [2.24, 2.45) is 0 Å². The summed E-state index contributed by atoms with van der Waals surface area (Å²) >= 11 is 0. The molecule has 0 unspecified atom stereocenters. The van der Waals surface area contributed by atoms with E-state index < -0.39 is 9.84 Å². The highest BCUT2D eigenvalue weighted by Crippen LogP contribution is 2.15. The lowest BCUT2D eigenvalue weighted by atomic mass is 10.1. The lowest BCUT2D eigenvalue weighted by Gasteiger charge is -2.04. The van der Waals surface area contributed by atoms with Crippen LogP contribution >= 0.6 is 0 Å². The molecule has 0 saturated carbocycles. The van der Waals surface area contributed by atoms with Crippen LogP contribution in [0.25, 0.3) is 0 Å². The van der Waals surface area contributed by atoms with E-state index in [1.165, 1.54) is 11.1 Å². The van der Waals surface area contributed by atoms with E-state index >= 15 is 0 Å². The molecule has 122 valence electrons. The Labute approximate surface area is 143 Å². The van der Waals surface area contributed by atoms with Crippen LogP contribution in [0, 0.1) is 6.92 Å². The van der Waals surface area contributed by atoms with Gasteiger partial charge in [0.15, 0.2) is 28.8 Å². The first-order chi connectivity index (χ1) is 11.5. The van der Waals surface area contributed by atoms with Gasteiger partial charge in [0.25, 0.3) is 0 Å². The number of hydrogen-bond donors (Lipinski definition) is 0. The van der Waals surface area contributed by atoms with Crippen LogP contribution in [0.15, 0.2) is 84.0 Å². The number of aryl methyl sites for hydroxylation is 1. The lowest BCUT2D eigenvalue weighted by Crippen LogP contribution is -2.33. The number of aromatic nitrogens is 1. The molecule has 0 bridgehead atoms. The van der Waals surface area contributed by atoms with E-state index in [9.17, 15) is 8.42 Å². The van der Waals surface area contributed by atoms with E-state index in [4.69, 9.17) is 0 Å². The molecule has 0 aliphatic carbocycles. The second kappa shape index (κ2) is 6.97. The normalized spacial score (nSPS) is 11.4. The summed E-state index contributed by atoms with van der Waals surface area (Å²) in [4.78, 5) is 0.362. The number of pyridine rings is 1. The highest BCUT2D eigenvalue weighted by molar-refractivity contribution is 7.90. The Kier molecular flexibility index (Phi) is 4.76. The van der Waals surface area contributed by atoms with E-state index in [1.807, 2.05) is 41.2 Å². The molecular formula is C20H20NO2S+. The topological polar surface area (TPSA) is 38.0 Å². The number of rotatable bonds is 5. The monoisotopic (exact) mass is 338 g/mol. The van der Waals surface area contributed by atoms with Gasteiger partial charge in [0.1, 0.15) is 0 Å². The molecule has 0 aliphatic rings. The third kappa shape index (κ3) is 4.09. The highest BCUT2D eigenvalue weighted by atomic mass is 32.2. The Balaban J connectivity index is 1.73. The summed E-state index contributed by atoms with van der Waals surface area (Å²) in [7, 11) is -3.30. The van der Waals surface area contributed by atoms with Crippen molar-refractivity contribution < 1.29 is 13.0 Å². The smallest absolute Gasteiger partial charge is 0.182 e. The SMILES string of the molecule is Cc1cccc(C[n+]2ccc(CS(=O)(=O)c3ccccc3)cc2)c1. The van der Waals surface area contributed by atoms with Crippen molar-refractivity contribution in [3.63, 3.8) is 0 Å². The van der Waals surface area contributed by atoms with Gasteiger partial charge < -0.3 is 0 Å². The van der Waals surface area contributed by atoms with Gasteiger partial charge in [-0.15, -0.1) is 0 Å². The van der Waals surface area contributed by atoms with Crippen LogP contribution in [0.5, 0.6) is 0 Å². The minimum Gasteiger partial charge on any atom is -0.223 e. The maximum Gasteiger partial charge on any atom is 0.182 e. The second-order valence-electron chi connectivity index (χ2n) is 5.94. The molecule has 3 rings (SSSR count). The molecule has 0 amide bonds. The molecule has 0 spiro atoms. The zero-order chi connectivity index (χ0) is 17.0. The van der Waals surface area contributed by atoms with Crippen LogP contribution < -0.4 is 4.57 Å². The molecule has 0 atom stereocenters. The van der Waals surface area contributed by atoms with Gasteiger partial charge in [-0.05, 0) is 30.7 Å². The lowest BCUT2D eigenvalue weighted by molar-refractivity contribution is -0.688. The van der Waals surface area contributed by atoms with Crippen molar-refractivity contribution in [2.45, 2.75) is 24.1 Å². The van der Waals surface area contributed by atoms with Crippen LogP contribution in [0.4, 0.5) is 0 Å². The van der Waals surface area contributed by atoms with Crippen LogP contribution in [0.1, 0.15) is 16.7 Å². The molecular weight excluding hydrogens is 318 g/mol. The number of sulfone groups is 1. The molecule has 0 radical (unpaired) electrons. The molecule has 0 aliphatic heterocycles. The van der Waals surface area contributed by atoms with Crippen LogP contribution in [0.3, 0.4) is 0 Å². The van der Waals surface area contributed by atoms with Crippen molar-refractivity contribution in [1.29, 1.82) is 0 Å². The van der Waals surface area contributed by atoms with Gasteiger partial charge in [-0.1, -0.05) is 42.0 Å². The fraction of sp³-hybridized carbons (Fsp3) is 0.150. The Hall–Kier alpha value is -2.46. The number of benzene rings is 2. The minimum absolute atomic E-state index is 0.0162. The molecule has 1 aromatic heterocycles. The van der Waals surface area contributed by atoms with Gasteiger partial charge in [-0.25, -0.2) is 13.0 Å². The van der Waals surface area contributed by atoms with E-state index in [0.29, 0.717) is 4.90 Å². The molecule has 1 heterocycles. The van der Waals surface area contributed by atoms with E-state index in [-0.39, 0.29) is 5.75 Å². The first-order valence-electron chi connectivity index (χ1n) is 7.84. The molecule has 0 saturated heterocycles. The summed E-state index contributed by atoms with van der Waals surface area (Å²) in [5, 5.41) is 0. The van der Waals surface area contributed by atoms with E-state index in [0.717, 1.165) is 12.1 Å². The summed E-state index contributed by atoms with van der Waals surface area (Å²) in [5.74, 6) is 0.0162. The summed E-state index contributed by atoms with van der Waals surface area (Å²) in [6.45, 7) is 2.85. The fourth-order valence-electron chi connectivity index (χ4n) is 2.64. The van der Waals surface area contributed by atoms with E-state index in [1.54, 1.807) is 24.3 Å². The first kappa shape index (κ1) is 16.4.